The number of ether oxygens (including phenoxy) is 1. The molecular weight excluding hydrogens is 588 g/mol. The first kappa shape index (κ1) is 33.1. The summed E-state index contributed by atoms with van der Waals surface area (Å²) in [6, 6.07) is 7.22. The van der Waals surface area contributed by atoms with Gasteiger partial charge in [-0.05, 0) is 56.6 Å². The zero-order chi connectivity index (χ0) is 32.8. The van der Waals surface area contributed by atoms with Crippen LogP contribution in [0.2, 0.25) is 0 Å². The van der Waals surface area contributed by atoms with Crippen molar-refractivity contribution < 1.29 is 36.7 Å². The number of amides is 4. The number of allylic oxidation sites excluding steroid dienone is 2. The molecule has 0 spiro atoms. The Morgan fingerprint density at radius 1 is 1.07 bits per heavy atom. The monoisotopic (exact) mass is 618 g/mol. The summed E-state index contributed by atoms with van der Waals surface area (Å²) in [6.07, 6.45) is -2.31. The second kappa shape index (κ2) is 13.7. The van der Waals surface area contributed by atoms with E-state index in [0.29, 0.717) is 33.7 Å². The summed E-state index contributed by atoms with van der Waals surface area (Å²) in [5, 5.41) is 14.3. The molecular formula is C28H30F4N8O4. The minimum atomic E-state index is -4.99. The molecule has 1 heterocycles. The topological polar surface area (TPSA) is 170 Å². The zero-order valence-electron chi connectivity index (χ0n) is 23.8. The van der Waals surface area contributed by atoms with Crippen molar-refractivity contribution in [2.24, 2.45) is 11.5 Å². The number of urea groups is 1. The molecule has 16 heteroatoms. The van der Waals surface area contributed by atoms with Gasteiger partial charge < -0.3 is 31.7 Å². The summed E-state index contributed by atoms with van der Waals surface area (Å²) in [6.45, 7) is -1.08. The van der Waals surface area contributed by atoms with Gasteiger partial charge in [-0.1, -0.05) is 6.07 Å². The van der Waals surface area contributed by atoms with Gasteiger partial charge in [-0.2, -0.15) is 13.2 Å². The summed E-state index contributed by atoms with van der Waals surface area (Å²) in [5.74, 6) is -3.80. The van der Waals surface area contributed by atoms with Crippen molar-refractivity contribution in [2.75, 3.05) is 38.4 Å². The van der Waals surface area contributed by atoms with Gasteiger partial charge in [0, 0.05) is 35.3 Å². The molecule has 4 amide bonds. The first-order valence-corrected chi connectivity index (χ1v) is 12.7. The lowest BCUT2D eigenvalue weighted by Crippen LogP contribution is -2.57. The van der Waals surface area contributed by atoms with Crippen LogP contribution in [0, 0.1) is 11.2 Å². The van der Waals surface area contributed by atoms with Crippen LogP contribution in [-0.4, -0.2) is 66.6 Å². The molecule has 1 saturated heterocycles. The summed E-state index contributed by atoms with van der Waals surface area (Å²) >= 11 is 0. The number of amidine groups is 1. The third kappa shape index (κ3) is 7.52. The van der Waals surface area contributed by atoms with Crippen molar-refractivity contribution in [1.29, 1.82) is 5.41 Å². The quantitative estimate of drug-likeness (QED) is 0.0840. The first-order valence-electron chi connectivity index (χ1n) is 12.7. The predicted octanol–water partition coefficient (Wildman–Crippen LogP) is 3.33. The molecule has 12 nitrogen and oxygen atoms in total. The van der Waals surface area contributed by atoms with Crippen molar-refractivity contribution in [1.82, 2.24) is 14.7 Å². The van der Waals surface area contributed by atoms with E-state index in [1.165, 1.54) is 7.11 Å². The van der Waals surface area contributed by atoms with E-state index < -0.39 is 58.8 Å². The SMILES string of the molecule is CO/C(N)=C/C=C(\N)N1C(=O)/C(=C(\CN(C)C)Nc2ccc(NC=O)cc2)C(=N)N(Cc2c(F)cccc2C(F)(F)F)C1=O. The molecule has 44 heavy (non-hydrogen) atoms. The van der Waals surface area contributed by atoms with E-state index in [0.717, 1.165) is 24.3 Å². The Labute approximate surface area is 249 Å². The number of benzene rings is 2. The molecule has 7 N–H and O–H groups in total. The number of nitrogens with two attached hydrogens (primary N) is 2. The number of hydrogen-bond acceptors (Lipinski definition) is 9. The predicted molar refractivity (Wildman–Crippen MR) is 154 cm³/mol. The van der Waals surface area contributed by atoms with Gasteiger partial charge in [0.2, 0.25) is 6.41 Å². The van der Waals surface area contributed by atoms with Gasteiger partial charge in [0.15, 0.2) is 5.88 Å². The Balaban J connectivity index is 2.24. The van der Waals surface area contributed by atoms with Crippen LogP contribution in [0.1, 0.15) is 11.1 Å². The van der Waals surface area contributed by atoms with Crippen LogP contribution in [0.25, 0.3) is 0 Å². The van der Waals surface area contributed by atoms with Crippen molar-refractivity contribution in [3.63, 3.8) is 0 Å². The van der Waals surface area contributed by atoms with E-state index in [1.54, 1.807) is 43.3 Å². The van der Waals surface area contributed by atoms with Gasteiger partial charge in [-0.3, -0.25) is 19.9 Å². The van der Waals surface area contributed by atoms with Crippen molar-refractivity contribution in [2.45, 2.75) is 12.7 Å². The van der Waals surface area contributed by atoms with Crippen molar-refractivity contribution >= 4 is 35.6 Å². The lowest BCUT2D eigenvalue weighted by atomic mass is 10.0. The highest BCUT2D eigenvalue weighted by atomic mass is 19.4. The molecule has 3 rings (SSSR count). The number of imide groups is 1. The summed E-state index contributed by atoms with van der Waals surface area (Å²) in [7, 11) is 4.56. The number of methoxy groups -OCH3 is 1. The number of hydrogen-bond donors (Lipinski definition) is 5. The van der Waals surface area contributed by atoms with Crippen molar-refractivity contribution in [3.8, 4) is 0 Å². The lowest BCUT2D eigenvalue weighted by molar-refractivity contribution is -0.138. The lowest BCUT2D eigenvalue weighted by Gasteiger charge is -2.37. The van der Waals surface area contributed by atoms with E-state index in [1.807, 2.05) is 0 Å². The maximum Gasteiger partial charge on any atom is 0.416 e. The number of rotatable bonds is 11. The Bertz CT molecular complexity index is 1540. The molecule has 2 aromatic rings. The Morgan fingerprint density at radius 2 is 1.70 bits per heavy atom. The molecule has 0 radical (unpaired) electrons. The smallest absolute Gasteiger partial charge is 0.416 e. The number of carbonyl (C=O) groups is 3. The molecule has 234 valence electrons. The fraction of sp³-hybridized carbons (Fsp3) is 0.214. The number of alkyl halides is 3. The Hall–Kier alpha value is -5.38. The van der Waals surface area contributed by atoms with E-state index >= 15 is 0 Å². The third-order valence-electron chi connectivity index (χ3n) is 6.18. The van der Waals surface area contributed by atoms with Crippen LogP contribution >= 0.6 is 0 Å². The van der Waals surface area contributed by atoms with Gasteiger partial charge in [0.25, 0.3) is 5.91 Å². The van der Waals surface area contributed by atoms with E-state index in [-0.39, 0.29) is 18.1 Å². The number of halogens is 4. The standard InChI is InChI=1S/C28H30F4N8O4/c1-38(2)14-21(37-17-9-7-16(8-10-17)36-15-41)24-25(35)39(13-18-19(28(30,31)32)5-4-6-20(18)29)27(43)40(26(24)42)22(33)11-12-23(34)44-3/h4-12,15,35,37H,13-14,33-34H2,1-3H3,(H,36,41)/b22-11+,23-12+,24-21+,35-25?. The molecule has 1 aliphatic rings. The van der Waals surface area contributed by atoms with Crippen LogP contribution in [0.15, 0.2) is 77.6 Å². The highest BCUT2D eigenvalue weighted by Gasteiger charge is 2.44. The molecule has 2 aromatic carbocycles. The number of nitrogens with zero attached hydrogens (tertiary/aromatic N) is 3. The van der Waals surface area contributed by atoms with Gasteiger partial charge in [0.05, 0.1) is 19.2 Å². The first-order chi connectivity index (χ1) is 20.7. The number of carbonyl (C=O) groups excluding carboxylic acids is 3. The average Bonchev–Trinajstić information content (AvgIpc) is 2.94. The van der Waals surface area contributed by atoms with Crippen LogP contribution in [-0.2, 0) is 27.0 Å². The minimum absolute atomic E-state index is 0.0265. The number of likely N-dealkylation sites (N-methyl/N-ethyl adjacent to an activating group) is 1. The molecule has 1 fully saturated rings. The summed E-state index contributed by atoms with van der Waals surface area (Å²) < 4.78 is 61.1. The average molecular weight is 619 g/mol. The second-order valence-corrected chi connectivity index (χ2v) is 9.54. The normalized spacial score (nSPS) is 16.0. The number of nitrogens with one attached hydrogen (secondary N) is 3. The molecule has 0 unspecified atom stereocenters. The molecule has 0 saturated carbocycles. The third-order valence-corrected chi connectivity index (χ3v) is 6.18. The van der Waals surface area contributed by atoms with E-state index in [9.17, 15) is 31.9 Å². The molecule has 0 aliphatic carbocycles. The molecule has 1 aliphatic heterocycles. The largest absolute Gasteiger partial charge is 0.483 e. The van der Waals surface area contributed by atoms with E-state index in [2.05, 4.69) is 10.6 Å². The van der Waals surface area contributed by atoms with Crippen LogP contribution in [0.3, 0.4) is 0 Å². The van der Waals surface area contributed by atoms with Crippen LogP contribution < -0.4 is 22.1 Å². The fourth-order valence-corrected chi connectivity index (χ4v) is 4.14. The van der Waals surface area contributed by atoms with Gasteiger partial charge in [0.1, 0.15) is 23.0 Å². The number of anilines is 2. The highest BCUT2D eigenvalue weighted by Crippen LogP contribution is 2.35. The fourth-order valence-electron chi connectivity index (χ4n) is 4.14. The summed E-state index contributed by atoms with van der Waals surface area (Å²) in [5.41, 5.74) is 9.89. The van der Waals surface area contributed by atoms with Gasteiger partial charge in [-0.15, -0.1) is 0 Å². The highest BCUT2D eigenvalue weighted by molar-refractivity contribution is 6.30. The maximum atomic E-state index is 14.9. The zero-order valence-corrected chi connectivity index (χ0v) is 23.8. The minimum Gasteiger partial charge on any atom is -0.483 e. The Morgan fingerprint density at radius 3 is 2.27 bits per heavy atom. The second-order valence-electron chi connectivity index (χ2n) is 9.54. The molecule has 0 atom stereocenters. The summed E-state index contributed by atoms with van der Waals surface area (Å²) in [4.78, 5) is 40.8. The van der Waals surface area contributed by atoms with Crippen LogP contribution in [0.4, 0.5) is 33.7 Å². The molecule has 0 aromatic heterocycles. The maximum absolute atomic E-state index is 14.9. The molecule has 0 bridgehead atoms. The van der Waals surface area contributed by atoms with Crippen molar-refractivity contribution in [3.05, 3.63) is 94.5 Å². The van der Waals surface area contributed by atoms with Gasteiger partial charge >= 0.3 is 12.2 Å². The Kier molecular flexibility index (Phi) is 10.3. The van der Waals surface area contributed by atoms with Crippen LogP contribution in [0.5, 0.6) is 0 Å². The van der Waals surface area contributed by atoms with Gasteiger partial charge in [-0.25, -0.2) is 14.1 Å². The van der Waals surface area contributed by atoms with E-state index in [4.69, 9.17) is 21.6 Å².